The Morgan fingerprint density at radius 1 is 1.28 bits per heavy atom. The number of halogens is 2. The standard InChI is InChI=1S/C16H19ClFN3O4/c1-2-25-16(24)21-7-5-10(6-8-21)19-14(22)15(23)20-11-3-4-13(18)12(17)9-11/h3-4,9-10H,2,5-8H2,1H3,(H,19,22)(H,20,23). The van der Waals surface area contributed by atoms with Crippen LogP contribution in [0.5, 0.6) is 0 Å². The maximum absolute atomic E-state index is 13.1. The Labute approximate surface area is 149 Å². The van der Waals surface area contributed by atoms with E-state index >= 15 is 0 Å². The quantitative estimate of drug-likeness (QED) is 0.797. The Kier molecular flexibility index (Phi) is 6.58. The van der Waals surface area contributed by atoms with E-state index in [9.17, 15) is 18.8 Å². The molecule has 7 nitrogen and oxygen atoms in total. The Balaban J connectivity index is 1.81. The molecule has 0 aromatic heterocycles. The highest BCUT2D eigenvalue weighted by molar-refractivity contribution is 6.40. The van der Waals surface area contributed by atoms with Gasteiger partial charge in [-0.25, -0.2) is 9.18 Å². The molecule has 1 fully saturated rings. The van der Waals surface area contributed by atoms with Crippen molar-refractivity contribution in [2.75, 3.05) is 25.0 Å². The first-order valence-electron chi connectivity index (χ1n) is 7.89. The third-order valence-corrected chi connectivity index (χ3v) is 4.03. The third kappa shape index (κ3) is 5.32. The van der Waals surface area contributed by atoms with Crippen LogP contribution < -0.4 is 10.6 Å². The second-order valence-corrected chi connectivity index (χ2v) is 5.92. The molecule has 1 saturated heterocycles. The molecular weight excluding hydrogens is 353 g/mol. The predicted octanol–water partition coefficient (Wildman–Crippen LogP) is 2.15. The minimum Gasteiger partial charge on any atom is -0.450 e. The molecule has 0 atom stereocenters. The fourth-order valence-electron chi connectivity index (χ4n) is 2.43. The molecule has 3 amide bonds. The van der Waals surface area contributed by atoms with Gasteiger partial charge in [0.05, 0.1) is 11.6 Å². The Morgan fingerprint density at radius 2 is 1.96 bits per heavy atom. The minimum absolute atomic E-state index is 0.149. The Bertz CT molecular complexity index is 663. The van der Waals surface area contributed by atoms with E-state index in [1.807, 2.05) is 0 Å². The van der Waals surface area contributed by atoms with Crippen LogP contribution in [0.4, 0.5) is 14.9 Å². The van der Waals surface area contributed by atoms with E-state index in [4.69, 9.17) is 16.3 Å². The summed E-state index contributed by atoms with van der Waals surface area (Å²) in [5.41, 5.74) is 0.226. The normalized spacial score (nSPS) is 14.8. The Morgan fingerprint density at radius 3 is 2.56 bits per heavy atom. The van der Waals surface area contributed by atoms with E-state index in [0.29, 0.717) is 32.5 Å². The number of hydrogen-bond donors (Lipinski definition) is 2. The van der Waals surface area contributed by atoms with Gasteiger partial charge in [0.1, 0.15) is 5.82 Å². The number of rotatable bonds is 3. The van der Waals surface area contributed by atoms with Gasteiger partial charge in [-0.1, -0.05) is 11.6 Å². The lowest BCUT2D eigenvalue weighted by molar-refractivity contribution is -0.136. The van der Waals surface area contributed by atoms with Crippen molar-refractivity contribution in [1.82, 2.24) is 10.2 Å². The molecular formula is C16H19ClFN3O4. The summed E-state index contributed by atoms with van der Waals surface area (Å²) in [7, 11) is 0. The van der Waals surface area contributed by atoms with E-state index in [2.05, 4.69) is 10.6 Å². The second-order valence-electron chi connectivity index (χ2n) is 5.52. The molecule has 0 bridgehead atoms. The zero-order valence-corrected chi connectivity index (χ0v) is 14.4. The van der Waals surface area contributed by atoms with Crippen LogP contribution in [-0.4, -0.2) is 48.5 Å². The zero-order chi connectivity index (χ0) is 18.4. The molecule has 0 spiro atoms. The molecule has 136 valence electrons. The number of likely N-dealkylation sites (tertiary alicyclic amines) is 1. The van der Waals surface area contributed by atoms with Crippen LogP contribution in [-0.2, 0) is 14.3 Å². The van der Waals surface area contributed by atoms with Gasteiger partial charge in [-0.2, -0.15) is 0 Å². The molecule has 2 N–H and O–H groups in total. The van der Waals surface area contributed by atoms with Crippen LogP contribution in [0.25, 0.3) is 0 Å². The number of carbonyl (C=O) groups is 3. The highest BCUT2D eigenvalue weighted by atomic mass is 35.5. The Hall–Kier alpha value is -2.35. The van der Waals surface area contributed by atoms with Gasteiger partial charge in [-0.05, 0) is 38.0 Å². The molecule has 1 aromatic carbocycles. The lowest BCUT2D eigenvalue weighted by atomic mass is 10.1. The van der Waals surface area contributed by atoms with Crippen molar-refractivity contribution in [3.63, 3.8) is 0 Å². The molecule has 2 rings (SSSR count). The van der Waals surface area contributed by atoms with Crippen molar-refractivity contribution in [2.45, 2.75) is 25.8 Å². The van der Waals surface area contributed by atoms with Crippen LogP contribution in [0.2, 0.25) is 5.02 Å². The predicted molar refractivity (Wildman–Crippen MR) is 89.8 cm³/mol. The summed E-state index contributed by atoms with van der Waals surface area (Å²) in [6.07, 6.45) is 0.679. The van der Waals surface area contributed by atoms with E-state index in [-0.39, 0.29) is 22.8 Å². The highest BCUT2D eigenvalue weighted by Crippen LogP contribution is 2.19. The summed E-state index contributed by atoms with van der Waals surface area (Å²) in [5, 5.41) is 4.83. The molecule has 25 heavy (non-hydrogen) atoms. The van der Waals surface area contributed by atoms with Crippen LogP contribution in [0, 0.1) is 5.82 Å². The maximum atomic E-state index is 13.1. The summed E-state index contributed by atoms with van der Waals surface area (Å²) < 4.78 is 18.0. The number of hydrogen-bond acceptors (Lipinski definition) is 4. The first-order chi connectivity index (χ1) is 11.9. The van der Waals surface area contributed by atoms with Crippen molar-refractivity contribution in [1.29, 1.82) is 0 Å². The summed E-state index contributed by atoms with van der Waals surface area (Å²) in [6.45, 7) is 2.93. The first-order valence-corrected chi connectivity index (χ1v) is 8.27. The van der Waals surface area contributed by atoms with Gasteiger partial charge < -0.3 is 20.3 Å². The van der Waals surface area contributed by atoms with Gasteiger partial charge in [-0.15, -0.1) is 0 Å². The van der Waals surface area contributed by atoms with Crippen LogP contribution in [0.3, 0.4) is 0 Å². The van der Waals surface area contributed by atoms with Crippen molar-refractivity contribution < 1.29 is 23.5 Å². The molecule has 0 unspecified atom stereocenters. The average Bonchev–Trinajstić information content (AvgIpc) is 2.59. The summed E-state index contributed by atoms with van der Waals surface area (Å²) >= 11 is 5.62. The first kappa shape index (κ1) is 19.0. The summed E-state index contributed by atoms with van der Waals surface area (Å²) in [5.74, 6) is -2.27. The molecule has 1 aromatic rings. The number of ether oxygens (including phenoxy) is 1. The molecule has 0 radical (unpaired) electrons. The lowest BCUT2D eigenvalue weighted by Crippen LogP contribution is -2.49. The fraction of sp³-hybridized carbons (Fsp3) is 0.438. The van der Waals surface area contributed by atoms with Gasteiger partial charge in [0.15, 0.2) is 0 Å². The van der Waals surface area contributed by atoms with Crippen molar-refractivity contribution in [2.24, 2.45) is 0 Å². The van der Waals surface area contributed by atoms with E-state index in [1.165, 1.54) is 12.1 Å². The minimum atomic E-state index is -0.865. The smallest absolute Gasteiger partial charge is 0.409 e. The van der Waals surface area contributed by atoms with Gasteiger partial charge in [0.2, 0.25) is 0 Å². The number of anilines is 1. The number of nitrogens with zero attached hydrogens (tertiary/aromatic N) is 1. The lowest BCUT2D eigenvalue weighted by Gasteiger charge is -2.31. The SMILES string of the molecule is CCOC(=O)N1CCC(NC(=O)C(=O)Nc2ccc(F)c(Cl)c2)CC1. The molecule has 0 aliphatic carbocycles. The molecule has 0 saturated carbocycles. The third-order valence-electron chi connectivity index (χ3n) is 3.74. The number of amides is 3. The van der Waals surface area contributed by atoms with Crippen molar-refractivity contribution >= 4 is 35.2 Å². The van der Waals surface area contributed by atoms with E-state index in [0.717, 1.165) is 6.07 Å². The van der Waals surface area contributed by atoms with Crippen molar-refractivity contribution in [3.8, 4) is 0 Å². The van der Waals surface area contributed by atoms with Crippen LogP contribution in [0.15, 0.2) is 18.2 Å². The molecule has 9 heteroatoms. The zero-order valence-electron chi connectivity index (χ0n) is 13.7. The summed E-state index contributed by atoms with van der Waals surface area (Å²) in [6, 6.07) is 3.42. The van der Waals surface area contributed by atoms with Crippen LogP contribution >= 0.6 is 11.6 Å². The average molecular weight is 372 g/mol. The number of piperidine rings is 1. The van der Waals surface area contributed by atoms with E-state index in [1.54, 1.807) is 11.8 Å². The highest BCUT2D eigenvalue weighted by Gasteiger charge is 2.26. The van der Waals surface area contributed by atoms with Gasteiger partial charge >= 0.3 is 17.9 Å². The number of carbonyl (C=O) groups excluding carboxylic acids is 3. The van der Waals surface area contributed by atoms with Gasteiger partial charge in [-0.3, -0.25) is 9.59 Å². The monoisotopic (exact) mass is 371 g/mol. The van der Waals surface area contributed by atoms with Crippen LogP contribution in [0.1, 0.15) is 19.8 Å². The van der Waals surface area contributed by atoms with Gasteiger partial charge in [0.25, 0.3) is 0 Å². The molecule has 1 heterocycles. The fourth-order valence-corrected chi connectivity index (χ4v) is 2.61. The summed E-state index contributed by atoms with van der Waals surface area (Å²) in [4.78, 5) is 37.0. The second kappa shape index (κ2) is 8.66. The van der Waals surface area contributed by atoms with E-state index < -0.39 is 17.6 Å². The topological polar surface area (TPSA) is 87.7 Å². The molecule has 1 aliphatic heterocycles. The maximum Gasteiger partial charge on any atom is 0.409 e. The number of benzene rings is 1. The number of nitrogens with one attached hydrogen (secondary N) is 2. The largest absolute Gasteiger partial charge is 0.450 e. The molecule has 1 aliphatic rings. The van der Waals surface area contributed by atoms with Gasteiger partial charge in [0, 0.05) is 24.8 Å². The van der Waals surface area contributed by atoms with Crippen molar-refractivity contribution in [3.05, 3.63) is 29.0 Å².